The summed E-state index contributed by atoms with van der Waals surface area (Å²) in [5, 5.41) is 2.52. The van der Waals surface area contributed by atoms with E-state index in [1.54, 1.807) is 0 Å². The lowest BCUT2D eigenvalue weighted by atomic mass is 9.96. The molecule has 1 aliphatic heterocycles. The molecule has 0 spiro atoms. The second kappa shape index (κ2) is 5.56. The third-order valence-electron chi connectivity index (χ3n) is 4.24. The molecule has 1 atom stereocenters. The maximum atomic E-state index is 6.12. The molecule has 22 heavy (non-hydrogen) atoms. The van der Waals surface area contributed by atoms with E-state index in [1.807, 2.05) is 0 Å². The molecule has 3 aromatic rings. The predicted octanol–water partition coefficient (Wildman–Crippen LogP) is 4.37. The predicted molar refractivity (Wildman–Crippen MR) is 99.3 cm³/mol. The number of fused-ring (bicyclic) bond motifs is 2. The molecule has 3 aromatic carbocycles. The Morgan fingerprint density at radius 1 is 1.05 bits per heavy atom. The fourth-order valence-electron chi connectivity index (χ4n) is 3.19. The molecule has 0 saturated heterocycles. The highest BCUT2D eigenvalue weighted by Crippen LogP contribution is 2.43. The van der Waals surface area contributed by atoms with E-state index in [-0.39, 0.29) is 6.10 Å². The monoisotopic (exact) mass is 401 g/mol. The van der Waals surface area contributed by atoms with Gasteiger partial charge in [0.15, 0.2) is 0 Å². The van der Waals surface area contributed by atoms with E-state index in [0.717, 1.165) is 12.2 Å². The van der Waals surface area contributed by atoms with Crippen LogP contribution in [0.1, 0.15) is 5.56 Å². The smallest absolute Gasteiger partial charge is 0.131 e. The Morgan fingerprint density at radius 2 is 1.91 bits per heavy atom. The Balaban J connectivity index is 1.99. The van der Waals surface area contributed by atoms with Crippen LogP contribution >= 0.6 is 22.6 Å². The minimum absolute atomic E-state index is 0.101. The van der Waals surface area contributed by atoms with Crippen molar-refractivity contribution in [1.82, 2.24) is 0 Å². The number of halogens is 1. The minimum Gasteiger partial charge on any atom is -0.488 e. The fraction of sp³-hybridized carbons (Fsp3) is 0.158. The summed E-state index contributed by atoms with van der Waals surface area (Å²) in [6, 6.07) is 19.3. The van der Waals surface area contributed by atoms with Gasteiger partial charge in [-0.2, -0.15) is 0 Å². The second-order valence-corrected chi connectivity index (χ2v) is 6.78. The zero-order valence-corrected chi connectivity index (χ0v) is 14.2. The first kappa shape index (κ1) is 14.0. The molecule has 1 heterocycles. The van der Waals surface area contributed by atoms with Gasteiger partial charge in [0.05, 0.1) is 0 Å². The molecular formula is C19H16INO. The Bertz CT molecular complexity index is 859. The lowest BCUT2D eigenvalue weighted by Crippen LogP contribution is -2.24. The number of ether oxygens (including phenoxy) is 1. The number of hydrogen-bond donors (Lipinski definition) is 1. The maximum Gasteiger partial charge on any atom is 0.131 e. The number of rotatable bonds is 2. The molecule has 0 bridgehead atoms. The van der Waals surface area contributed by atoms with Crippen LogP contribution in [0.2, 0.25) is 0 Å². The number of para-hydroxylation sites is 1. The van der Waals surface area contributed by atoms with Crippen LogP contribution in [0.4, 0.5) is 0 Å². The first-order chi connectivity index (χ1) is 10.8. The normalized spacial score (nSPS) is 16.5. The van der Waals surface area contributed by atoms with Gasteiger partial charge in [-0.1, -0.05) is 48.5 Å². The first-order valence-corrected chi connectivity index (χ1v) is 8.52. The summed E-state index contributed by atoms with van der Waals surface area (Å²) < 4.78 is 7.36. The Morgan fingerprint density at radius 3 is 2.77 bits per heavy atom. The van der Waals surface area contributed by atoms with E-state index in [9.17, 15) is 0 Å². The van der Waals surface area contributed by atoms with Gasteiger partial charge in [-0.3, -0.25) is 0 Å². The molecule has 0 aromatic heterocycles. The van der Waals surface area contributed by atoms with Crippen LogP contribution in [-0.4, -0.2) is 12.6 Å². The van der Waals surface area contributed by atoms with Crippen molar-refractivity contribution in [2.24, 2.45) is 5.73 Å². The summed E-state index contributed by atoms with van der Waals surface area (Å²) in [6.45, 7) is 0.556. The van der Waals surface area contributed by atoms with Crippen molar-refractivity contribution >= 4 is 33.4 Å². The van der Waals surface area contributed by atoms with Gasteiger partial charge in [0.25, 0.3) is 0 Å². The topological polar surface area (TPSA) is 35.2 Å². The molecule has 3 heteroatoms. The largest absolute Gasteiger partial charge is 0.488 e. The van der Waals surface area contributed by atoms with E-state index in [0.29, 0.717) is 6.54 Å². The van der Waals surface area contributed by atoms with Crippen molar-refractivity contribution in [2.45, 2.75) is 12.5 Å². The Kier molecular flexibility index (Phi) is 3.54. The van der Waals surface area contributed by atoms with Crippen molar-refractivity contribution < 1.29 is 4.74 Å². The van der Waals surface area contributed by atoms with Gasteiger partial charge in [0.1, 0.15) is 11.9 Å². The summed E-state index contributed by atoms with van der Waals surface area (Å²) in [4.78, 5) is 0. The first-order valence-electron chi connectivity index (χ1n) is 7.44. The zero-order chi connectivity index (χ0) is 15.1. The lowest BCUT2D eigenvalue weighted by molar-refractivity contribution is 0.242. The second-order valence-electron chi connectivity index (χ2n) is 5.62. The van der Waals surface area contributed by atoms with Gasteiger partial charge in [0.2, 0.25) is 0 Å². The molecule has 1 aliphatic rings. The van der Waals surface area contributed by atoms with Crippen LogP contribution in [0.25, 0.3) is 21.9 Å². The molecular weight excluding hydrogens is 385 g/mol. The van der Waals surface area contributed by atoms with E-state index < -0.39 is 0 Å². The summed E-state index contributed by atoms with van der Waals surface area (Å²) in [7, 11) is 0. The lowest BCUT2D eigenvalue weighted by Gasteiger charge is -2.14. The van der Waals surface area contributed by atoms with Crippen LogP contribution in [0.5, 0.6) is 5.75 Å². The van der Waals surface area contributed by atoms with E-state index in [1.165, 1.54) is 31.0 Å². The highest BCUT2D eigenvalue weighted by Gasteiger charge is 2.25. The quantitative estimate of drug-likeness (QED) is 0.648. The van der Waals surface area contributed by atoms with Crippen LogP contribution in [0, 0.1) is 3.57 Å². The van der Waals surface area contributed by atoms with Gasteiger partial charge < -0.3 is 10.5 Å². The van der Waals surface area contributed by atoms with E-state index >= 15 is 0 Å². The molecule has 2 N–H and O–H groups in total. The molecule has 2 nitrogen and oxygen atoms in total. The van der Waals surface area contributed by atoms with Crippen molar-refractivity contribution in [1.29, 1.82) is 0 Å². The molecule has 4 rings (SSSR count). The van der Waals surface area contributed by atoms with Gasteiger partial charge in [-0.15, -0.1) is 0 Å². The van der Waals surface area contributed by atoms with Crippen molar-refractivity contribution in [2.75, 3.05) is 6.54 Å². The average molecular weight is 401 g/mol. The van der Waals surface area contributed by atoms with Gasteiger partial charge in [-0.05, 0) is 45.0 Å². The SMILES string of the molecule is NCC1Cc2cccc(-c3c(I)ccc4ccccc34)c2O1. The van der Waals surface area contributed by atoms with Crippen LogP contribution in [-0.2, 0) is 6.42 Å². The van der Waals surface area contributed by atoms with Gasteiger partial charge in [-0.25, -0.2) is 0 Å². The molecule has 0 radical (unpaired) electrons. The summed E-state index contributed by atoms with van der Waals surface area (Å²) in [5.41, 5.74) is 9.49. The highest BCUT2D eigenvalue weighted by molar-refractivity contribution is 14.1. The Labute approximate surface area is 143 Å². The summed E-state index contributed by atoms with van der Waals surface area (Å²) in [6.07, 6.45) is 1.00. The van der Waals surface area contributed by atoms with Crippen LogP contribution in [0.15, 0.2) is 54.6 Å². The standard InChI is InChI=1S/C19H16INO/c20-17-9-8-12-4-1-2-6-15(12)18(17)16-7-3-5-13-10-14(11-21)22-19(13)16/h1-9,14H,10-11,21H2. The molecule has 0 fully saturated rings. The van der Waals surface area contributed by atoms with E-state index in [2.05, 4.69) is 77.2 Å². The van der Waals surface area contributed by atoms with Crippen molar-refractivity contribution in [3.05, 3.63) is 63.7 Å². The molecule has 0 amide bonds. The zero-order valence-electron chi connectivity index (χ0n) is 12.1. The molecule has 110 valence electrons. The Hall–Kier alpha value is -1.59. The molecule has 0 aliphatic carbocycles. The molecule has 0 saturated carbocycles. The minimum atomic E-state index is 0.101. The number of hydrogen-bond acceptors (Lipinski definition) is 2. The van der Waals surface area contributed by atoms with Crippen molar-refractivity contribution in [3.8, 4) is 16.9 Å². The maximum absolute atomic E-state index is 6.12. The summed E-state index contributed by atoms with van der Waals surface area (Å²) >= 11 is 2.41. The number of nitrogens with two attached hydrogens (primary N) is 1. The van der Waals surface area contributed by atoms with Crippen molar-refractivity contribution in [3.63, 3.8) is 0 Å². The van der Waals surface area contributed by atoms with Crippen LogP contribution in [0.3, 0.4) is 0 Å². The number of benzene rings is 3. The third-order valence-corrected chi connectivity index (χ3v) is 5.14. The third kappa shape index (κ3) is 2.20. The average Bonchev–Trinajstić information content (AvgIpc) is 2.98. The van der Waals surface area contributed by atoms with Gasteiger partial charge in [0, 0.05) is 27.7 Å². The van der Waals surface area contributed by atoms with Gasteiger partial charge >= 0.3 is 0 Å². The highest BCUT2D eigenvalue weighted by atomic mass is 127. The van der Waals surface area contributed by atoms with E-state index in [4.69, 9.17) is 10.5 Å². The van der Waals surface area contributed by atoms with Crippen LogP contribution < -0.4 is 10.5 Å². The summed E-state index contributed by atoms with van der Waals surface area (Å²) in [5.74, 6) is 1.01. The molecule has 1 unspecified atom stereocenters. The fourth-order valence-corrected chi connectivity index (χ4v) is 3.95.